The lowest BCUT2D eigenvalue weighted by Gasteiger charge is -2.12. The van der Waals surface area contributed by atoms with Crippen molar-refractivity contribution in [3.63, 3.8) is 0 Å². The average Bonchev–Trinajstić information content (AvgIpc) is 2.69. The highest BCUT2D eigenvalue weighted by Gasteiger charge is 2.08. The summed E-state index contributed by atoms with van der Waals surface area (Å²) in [4.78, 5) is 18.1. The van der Waals surface area contributed by atoms with Crippen LogP contribution in [0.2, 0.25) is 0 Å². The van der Waals surface area contributed by atoms with Crippen molar-refractivity contribution in [2.75, 3.05) is 20.6 Å². The minimum Gasteiger partial charge on any atom is -0.357 e. The van der Waals surface area contributed by atoms with E-state index in [1.165, 1.54) is 17.0 Å². The van der Waals surface area contributed by atoms with E-state index in [4.69, 9.17) is 5.14 Å². The van der Waals surface area contributed by atoms with E-state index in [1.54, 1.807) is 38.4 Å². The van der Waals surface area contributed by atoms with Crippen molar-refractivity contribution >= 4 is 45.9 Å². The molecule has 0 aliphatic rings. The molecule has 8 nitrogen and oxygen atoms in total. The second-order valence-electron chi connectivity index (χ2n) is 6.63. The molecular weight excluding hydrogens is 517 g/mol. The summed E-state index contributed by atoms with van der Waals surface area (Å²) >= 11 is 0. The summed E-state index contributed by atoms with van der Waals surface area (Å²) in [5.41, 5.74) is 2.51. The minimum atomic E-state index is -3.69. The van der Waals surface area contributed by atoms with Crippen molar-refractivity contribution in [1.29, 1.82) is 0 Å². The van der Waals surface area contributed by atoms with Gasteiger partial charge in [0.1, 0.15) is 0 Å². The number of halogens is 1. The minimum absolute atomic E-state index is 0. The molecule has 30 heavy (non-hydrogen) atoms. The van der Waals surface area contributed by atoms with Gasteiger partial charge in [0, 0.05) is 32.7 Å². The molecule has 0 aliphatic heterocycles. The standard InChI is InChI=1S/C20H27N5O3S.HI/c1-4-22-20(24-14-16-7-11-18(12-8-16)29(21,27)28)23-13-15-5-9-17(10-6-15)19(26)25(2)3;/h5-12H,4,13-14H2,1-3H3,(H2,21,27,28)(H2,22,23,24);1H. The van der Waals surface area contributed by atoms with E-state index in [9.17, 15) is 13.2 Å². The number of carbonyl (C=O) groups excluding carboxylic acids is 1. The zero-order valence-electron chi connectivity index (χ0n) is 17.3. The largest absolute Gasteiger partial charge is 0.357 e. The Labute approximate surface area is 195 Å². The number of nitrogens with two attached hydrogens (primary N) is 1. The molecule has 0 aliphatic carbocycles. The van der Waals surface area contributed by atoms with Crippen molar-refractivity contribution in [2.45, 2.75) is 24.9 Å². The van der Waals surface area contributed by atoms with E-state index in [1.807, 2.05) is 19.1 Å². The number of benzene rings is 2. The van der Waals surface area contributed by atoms with Gasteiger partial charge in [-0.05, 0) is 42.3 Å². The van der Waals surface area contributed by atoms with Gasteiger partial charge in [-0.3, -0.25) is 4.79 Å². The molecule has 0 unspecified atom stereocenters. The van der Waals surface area contributed by atoms with Crippen LogP contribution in [-0.4, -0.2) is 45.8 Å². The summed E-state index contributed by atoms with van der Waals surface area (Å²) in [5, 5.41) is 11.5. The summed E-state index contributed by atoms with van der Waals surface area (Å²) in [6.45, 7) is 3.61. The quantitative estimate of drug-likeness (QED) is 0.279. The van der Waals surface area contributed by atoms with Crippen LogP contribution < -0.4 is 15.8 Å². The molecule has 0 bridgehead atoms. The lowest BCUT2D eigenvalue weighted by Crippen LogP contribution is -2.36. The van der Waals surface area contributed by atoms with E-state index in [-0.39, 0.29) is 34.8 Å². The number of nitrogens with one attached hydrogen (secondary N) is 2. The fourth-order valence-electron chi connectivity index (χ4n) is 2.51. The highest BCUT2D eigenvalue weighted by atomic mass is 127. The molecule has 164 valence electrons. The third kappa shape index (κ3) is 7.92. The first kappa shape index (κ1) is 25.9. The van der Waals surface area contributed by atoms with Gasteiger partial charge < -0.3 is 15.5 Å². The summed E-state index contributed by atoms with van der Waals surface area (Å²) in [7, 11) is -0.253. The Morgan fingerprint density at radius 1 is 1.00 bits per heavy atom. The van der Waals surface area contributed by atoms with Crippen molar-refractivity contribution in [3.8, 4) is 0 Å². The summed E-state index contributed by atoms with van der Waals surface area (Å²) in [6.07, 6.45) is 0. The number of guanidine groups is 1. The second-order valence-corrected chi connectivity index (χ2v) is 8.20. The zero-order chi connectivity index (χ0) is 21.4. The van der Waals surface area contributed by atoms with E-state index in [2.05, 4.69) is 15.6 Å². The number of nitrogens with zero attached hydrogens (tertiary/aromatic N) is 2. The van der Waals surface area contributed by atoms with Crippen molar-refractivity contribution in [1.82, 2.24) is 15.5 Å². The van der Waals surface area contributed by atoms with Crippen molar-refractivity contribution in [3.05, 3.63) is 65.2 Å². The Hall–Kier alpha value is -2.18. The SMILES string of the molecule is CCNC(=NCc1ccc(C(=O)N(C)C)cc1)NCc1ccc(S(N)(=O)=O)cc1.I. The van der Waals surface area contributed by atoms with Crippen LogP contribution in [-0.2, 0) is 23.1 Å². The van der Waals surface area contributed by atoms with Crippen LogP contribution in [0.3, 0.4) is 0 Å². The molecule has 0 radical (unpaired) electrons. The fourth-order valence-corrected chi connectivity index (χ4v) is 3.02. The molecule has 10 heteroatoms. The lowest BCUT2D eigenvalue weighted by molar-refractivity contribution is 0.0827. The predicted octanol–water partition coefficient (Wildman–Crippen LogP) is 1.91. The number of rotatable bonds is 7. The van der Waals surface area contributed by atoms with Gasteiger partial charge in [-0.1, -0.05) is 24.3 Å². The molecule has 1 amide bonds. The van der Waals surface area contributed by atoms with Crippen LogP contribution in [0.25, 0.3) is 0 Å². The molecule has 0 spiro atoms. The fraction of sp³-hybridized carbons (Fsp3) is 0.300. The second kappa shape index (κ2) is 11.9. The van der Waals surface area contributed by atoms with Gasteiger partial charge in [-0.2, -0.15) is 0 Å². The van der Waals surface area contributed by atoms with Crippen molar-refractivity contribution < 1.29 is 13.2 Å². The molecule has 2 aromatic carbocycles. The van der Waals surface area contributed by atoms with E-state index >= 15 is 0 Å². The Morgan fingerprint density at radius 3 is 2.07 bits per heavy atom. The third-order valence-corrected chi connectivity index (χ3v) is 5.01. The molecular formula is C20H28IN5O3S. The Balaban J connectivity index is 0.00000450. The van der Waals surface area contributed by atoms with Gasteiger partial charge in [0.15, 0.2) is 5.96 Å². The predicted molar refractivity (Wildman–Crippen MR) is 129 cm³/mol. The summed E-state index contributed by atoms with van der Waals surface area (Å²) < 4.78 is 22.6. The number of carbonyl (C=O) groups is 1. The molecule has 0 saturated carbocycles. The number of aliphatic imine (C=N–C) groups is 1. The smallest absolute Gasteiger partial charge is 0.253 e. The normalized spacial score (nSPS) is 11.4. The van der Waals surface area contributed by atoms with Crippen LogP contribution in [0.5, 0.6) is 0 Å². The molecule has 4 N–H and O–H groups in total. The molecule has 2 rings (SSSR count). The monoisotopic (exact) mass is 545 g/mol. The number of primary sulfonamides is 1. The van der Waals surface area contributed by atoms with Crippen LogP contribution in [0.15, 0.2) is 58.4 Å². The van der Waals surface area contributed by atoms with Gasteiger partial charge in [0.05, 0.1) is 11.4 Å². The molecule has 2 aromatic rings. The van der Waals surface area contributed by atoms with Gasteiger partial charge in [0.25, 0.3) is 5.91 Å². The summed E-state index contributed by atoms with van der Waals surface area (Å²) in [5.74, 6) is 0.597. The summed E-state index contributed by atoms with van der Waals surface area (Å²) in [6, 6.07) is 13.7. The Kier molecular flexibility index (Phi) is 10.2. The topological polar surface area (TPSA) is 117 Å². The number of amides is 1. The first-order valence-electron chi connectivity index (χ1n) is 9.15. The van der Waals surface area contributed by atoms with E-state index in [0.717, 1.165) is 11.1 Å². The first-order valence-corrected chi connectivity index (χ1v) is 10.7. The highest BCUT2D eigenvalue weighted by Crippen LogP contribution is 2.09. The Morgan fingerprint density at radius 2 is 1.57 bits per heavy atom. The lowest BCUT2D eigenvalue weighted by atomic mass is 10.1. The molecule has 0 aromatic heterocycles. The first-order chi connectivity index (χ1) is 13.7. The number of hydrogen-bond acceptors (Lipinski definition) is 4. The Bertz CT molecular complexity index is 959. The maximum Gasteiger partial charge on any atom is 0.253 e. The van der Waals surface area contributed by atoms with Crippen LogP contribution >= 0.6 is 24.0 Å². The maximum atomic E-state index is 11.9. The molecule has 0 fully saturated rings. The molecule has 0 heterocycles. The van der Waals surface area contributed by atoms with Crippen LogP contribution in [0.1, 0.15) is 28.4 Å². The van der Waals surface area contributed by atoms with Gasteiger partial charge in [-0.25, -0.2) is 18.5 Å². The number of sulfonamides is 1. The molecule has 0 atom stereocenters. The zero-order valence-corrected chi connectivity index (χ0v) is 20.4. The molecule has 0 saturated heterocycles. The third-order valence-electron chi connectivity index (χ3n) is 4.08. The van der Waals surface area contributed by atoms with Gasteiger partial charge in [-0.15, -0.1) is 24.0 Å². The van der Waals surface area contributed by atoms with Crippen LogP contribution in [0, 0.1) is 0 Å². The van der Waals surface area contributed by atoms with Crippen molar-refractivity contribution in [2.24, 2.45) is 10.1 Å². The van der Waals surface area contributed by atoms with Gasteiger partial charge in [0.2, 0.25) is 10.0 Å². The highest BCUT2D eigenvalue weighted by molar-refractivity contribution is 14.0. The average molecular weight is 545 g/mol. The maximum absolute atomic E-state index is 11.9. The number of hydrogen-bond donors (Lipinski definition) is 3. The van der Waals surface area contributed by atoms with E-state index in [0.29, 0.717) is 31.2 Å². The van der Waals surface area contributed by atoms with Crippen LogP contribution in [0.4, 0.5) is 0 Å². The van der Waals surface area contributed by atoms with E-state index < -0.39 is 10.0 Å². The van der Waals surface area contributed by atoms with Gasteiger partial charge >= 0.3 is 0 Å².